The van der Waals surface area contributed by atoms with Crippen molar-refractivity contribution in [2.75, 3.05) is 19.7 Å². The van der Waals surface area contributed by atoms with Gasteiger partial charge in [0.15, 0.2) is 6.61 Å². The Morgan fingerprint density at radius 1 is 1.11 bits per heavy atom. The lowest BCUT2D eigenvalue weighted by atomic mass is 9.62. The topological polar surface area (TPSA) is 78.9 Å². The van der Waals surface area contributed by atoms with E-state index in [1.165, 1.54) is 0 Å². The molecule has 0 radical (unpaired) electrons. The Kier molecular flexibility index (Phi) is 7.11. The number of nitrogens with zero attached hydrogens (tertiary/aromatic N) is 1. The number of halogens is 6. The Balaban J connectivity index is 2.85. The molecular weight excluding hydrogens is 398 g/mol. The molecule has 2 N–H and O–H groups in total. The molecule has 0 spiro atoms. The summed E-state index contributed by atoms with van der Waals surface area (Å²) >= 11 is 0. The molecule has 1 fully saturated rings. The van der Waals surface area contributed by atoms with E-state index in [9.17, 15) is 35.9 Å². The molecule has 0 aromatic carbocycles. The second kappa shape index (κ2) is 8.24. The van der Waals surface area contributed by atoms with Gasteiger partial charge in [-0.1, -0.05) is 20.8 Å². The SMILES string of the molecule is CC1(C)CC(NC(=O)OCC(F)(F)F)CC(C)(CN(CC(F)(F)F)C(=O)O)C1. The molecule has 0 saturated heterocycles. The van der Waals surface area contributed by atoms with Crippen LogP contribution in [-0.4, -0.2) is 60.3 Å². The van der Waals surface area contributed by atoms with Crippen LogP contribution in [0.3, 0.4) is 0 Å². The molecule has 1 aliphatic carbocycles. The predicted molar refractivity (Wildman–Crippen MR) is 85.7 cm³/mol. The number of amides is 2. The molecule has 1 aliphatic rings. The van der Waals surface area contributed by atoms with Crippen molar-refractivity contribution >= 4 is 12.2 Å². The highest BCUT2D eigenvalue weighted by atomic mass is 19.4. The highest BCUT2D eigenvalue weighted by Crippen LogP contribution is 2.46. The molecule has 28 heavy (non-hydrogen) atoms. The number of hydrogen-bond donors (Lipinski definition) is 2. The second-order valence-corrected chi connectivity index (χ2v) is 8.35. The molecule has 6 nitrogen and oxygen atoms in total. The number of alkyl carbamates (subject to hydrolysis) is 1. The van der Waals surface area contributed by atoms with E-state index in [1.54, 1.807) is 20.8 Å². The molecule has 0 aliphatic heterocycles. The summed E-state index contributed by atoms with van der Waals surface area (Å²) < 4.78 is 78.5. The summed E-state index contributed by atoms with van der Waals surface area (Å²) in [5.41, 5.74) is -1.41. The Bertz CT molecular complexity index is 578. The van der Waals surface area contributed by atoms with Crippen molar-refractivity contribution in [1.82, 2.24) is 10.2 Å². The van der Waals surface area contributed by atoms with Gasteiger partial charge in [-0.05, 0) is 30.1 Å². The quantitative estimate of drug-likeness (QED) is 0.644. The fourth-order valence-corrected chi connectivity index (χ4v) is 4.08. The molecule has 1 saturated carbocycles. The molecule has 2 amide bonds. The number of hydrogen-bond acceptors (Lipinski definition) is 3. The van der Waals surface area contributed by atoms with Crippen molar-refractivity contribution in [3.8, 4) is 0 Å². The Labute approximate surface area is 158 Å². The zero-order valence-corrected chi connectivity index (χ0v) is 15.7. The van der Waals surface area contributed by atoms with Crippen LogP contribution < -0.4 is 5.32 Å². The number of nitrogens with one attached hydrogen (secondary N) is 1. The van der Waals surface area contributed by atoms with Gasteiger partial charge in [0.05, 0.1) is 0 Å². The van der Waals surface area contributed by atoms with Crippen LogP contribution in [0.1, 0.15) is 40.0 Å². The summed E-state index contributed by atoms with van der Waals surface area (Å²) in [7, 11) is 0. The number of carbonyl (C=O) groups is 2. The maximum absolute atomic E-state index is 12.7. The lowest BCUT2D eigenvalue weighted by Crippen LogP contribution is -2.52. The van der Waals surface area contributed by atoms with Crippen molar-refractivity contribution in [3.63, 3.8) is 0 Å². The molecule has 0 aromatic heterocycles. The van der Waals surface area contributed by atoms with Gasteiger partial charge in [0.25, 0.3) is 0 Å². The van der Waals surface area contributed by atoms with Crippen LogP contribution in [0.4, 0.5) is 35.9 Å². The molecule has 164 valence electrons. The van der Waals surface area contributed by atoms with Gasteiger partial charge in [-0.15, -0.1) is 0 Å². The Morgan fingerprint density at radius 3 is 2.14 bits per heavy atom. The normalized spacial score (nSPS) is 25.1. The summed E-state index contributed by atoms with van der Waals surface area (Å²) in [6.45, 7) is 1.34. The van der Waals surface area contributed by atoms with E-state index in [1.807, 2.05) is 0 Å². The van der Waals surface area contributed by atoms with Gasteiger partial charge in [-0.2, -0.15) is 26.3 Å². The first kappa shape index (κ1) is 24.2. The lowest BCUT2D eigenvalue weighted by Gasteiger charge is -2.48. The van der Waals surface area contributed by atoms with Crippen molar-refractivity contribution in [1.29, 1.82) is 0 Å². The predicted octanol–water partition coefficient (Wildman–Crippen LogP) is 4.40. The molecular formula is C16H24F6N2O4. The van der Waals surface area contributed by atoms with E-state index in [-0.39, 0.29) is 11.3 Å². The van der Waals surface area contributed by atoms with Crippen LogP contribution in [0.5, 0.6) is 0 Å². The summed E-state index contributed by atoms with van der Waals surface area (Å²) in [4.78, 5) is 23.1. The Morgan fingerprint density at radius 2 is 1.68 bits per heavy atom. The average molecular weight is 422 g/mol. The van der Waals surface area contributed by atoms with E-state index in [0.29, 0.717) is 12.8 Å². The summed E-state index contributed by atoms with van der Waals surface area (Å²) in [6.07, 6.45) is -11.6. The Hall–Kier alpha value is -1.88. The van der Waals surface area contributed by atoms with Crippen LogP contribution in [0, 0.1) is 10.8 Å². The van der Waals surface area contributed by atoms with Crippen molar-refractivity contribution in [2.24, 2.45) is 10.8 Å². The monoisotopic (exact) mass is 422 g/mol. The third kappa shape index (κ3) is 8.87. The largest absolute Gasteiger partial charge is 0.465 e. The third-order valence-electron chi connectivity index (χ3n) is 4.35. The van der Waals surface area contributed by atoms with E-state index in [0.717, 1.165) is 0 Å². The summed E-state index contributed by atoms with van der Waals surface area (Å²) in [6, 6.07) is -0.670. The van der Waals surface area contributed by atoms with E-state index >= 15 is 0 Å². The first-order valence-electron chi connectivity index (χ1n) is 8.44. The minimum Gasteiger partial charge on any atom is -0.465 e. The molecule has 1 rings (SSSR count). The van der Waals surface area contributed by atoms with Gasteiger partial charge in [0.1, 0.15) is 6.54 Å². The van der Waals surface area contributed by atoms with E-state index in [4.69, 9.17) is 5.11 Å². The zero-order valence-electron chi connectivity index (χ0n) is 15.7. The number of rotatable bonds is 5. The highest BCUT2D eigenvalue weighted by Gasteiger charge is 2.45. The number of ether oxygens (including phenoxy) is 1. The van der Waals surface area contributed by atoms with Gasteiger partial charge in [-0.25, -0.2) is 9.59 Å². The molecule has 0 bridgehead atoms. The van der Waals surface area contributed by atoms with Crippen LogP contribution in [-0.2, 0) is 4.74 Å². The van der Waals surface area contributed by atoms with Gasteiger partial charge >= 0.3 is 24.5 Å². The van der Waals surface area contributed by atoms with Gasteiger partial charge in [0, 0.05) is 12.6 Å². The van der Waals surface area contributed by atoms with Crippen LogP contribution in [0.25, 0.3) is 0 Å². The molecule has 2 unspecified atom stereocenters. The first-order chi connectivity index (χ1) is 12.4. The number of carbonyl (C=O) groups excluding carboxylic acids is 1. The second-order valence-electron chi connectivity index (χ2n) is 8.35. The lowest BCUT2D eigenvalue weighted by molar-refractivity contribution is -0.160. The summed E-state index contributed by atoms with van der Waals surface area (Å²) in [5, 5.41) is 11.4. The van der Waals surface area contributed by atoms with Crippen LogP contribution in [0.2, 0.25) is 0 Å². The maximum atomic E-state index is 12.7. The standard InChI is InChI=1S/C16H24F6N2O4/c1-13(2)4-10(23-11(25)28-9-16(20,21)22)5-14(3,6-13)7-24(12(26)27)8-15(17,18)19/h10H,4-9H2,1-3H3,(H,23,25)(H,26,27). The van der Waals surface area contributed by atoms with Gasteiger partial charge in [0.2, 0.25) is 0 Å². The van der Waals surface area contributed by atoms with E-state index in [2.05, 4.69) is 10.1 Å². The van der Waals surface area contributed by atoms with Gasteiger partial charge < -0.3 is 15.2 Å². The molecule has 0 heterocycles. The molecule has 2 atom stereocenters. The van der Waals surface area contributed by atoms with Crippen molar-refractivity contribution < 1.29 is 45.8 Å². The fraction of sp³-hybridized carbons (Fsp3) is 0.875. The minimum absolute atomic E-state index is 0.0964. The van der Waals surface area contributed by atoms with Crippen LogP contribution in [0.15, 0.2) is 0 Å². The number of alkyl halides is 6. The maximum Gasteiger partial charge on any atom is 0.422 e. The number of carboxylic acid groups (broad SMARTS) is 1. The smallest absolute Gasteiger partial charge is 0.422 e. The van der Waals surface area contributed by atoms with Gasteiger partial charge in [-0.3, -0.25) is 4.90 Å². The average Bonchev–Trinajstić information content (AvgIpc) is 2.39. The van der Waals surface area contributed by atoms with Crippen molar-refractivity contribution in [2.45, 2.75) is 58.4 Å². The molecule has 12 heteroatoms. The minimum atomic E-state index is -4.71. The summed E-state index contributed by atoms with van der Waals surface area (Å²) in [5.74, 6) is 0. The highest BCUT2D eigenvalue weighted by molar-refractivity contribution is 5.67. The fourth-order valence-electron chi connectivity index (χ4n) is 4.08. The third-order valence-corrected chi connectivity index (χ3v) is 4.35. The van der Waals surface area contributed by atoms with Crippen LogP contribution >= 0.6 is 0 Å². The first-order valence-corrected chi connectivity index (χ1v) is 8.44. The van der Waals surface area contributed by atoms with E-state index < -0.39 is 61.1 Å². The van der Waals surface area contributed by atoms with Crippen molar-refractivity contribution in [3.05, 3.63) is 0 Å². The molecule has 0 aromatic rings. The zero-order chi connectivity index (χ0) is 22.0.